The highest BCUT2D eigenvalue weighted by Gasteiger charge is 2.28. The zero-order valence-electron chi connectivity index (χ0n) is 14.4. The van der Waals surface area contributed by atoms with Gasteiger partial charge in [-0.15, -0.1) is 0 Å². The number of halogens is 3. The first-order valence-electron chi connectivity index (χ1n) is 8.41. The van der Waals surface area contributed by atoms with E-state index >= 15 is 0 Å². The van der Waals surface area contributed by atoms with E-state index in [2.05, 4.69) is 0 Å². The minimum atomic E-state index is -0.425. The number of benzene rings is 3. The fraction of sp³-hybridized carbons (Fsp3) is 0.0455. The fourth-order valence-electron chi connectivity index (χ4n) is 2.79. The molecule has 0 bridgehead atoms. The van der Waals surface area contributed by atoms with Gasteiger partial charge in [-0.3, -0.25) is 4.79 Å². The van der Waals surface area contributed by atoms with Crippen LogP contribution in [0.5, 0.6) is 11.5 Å². The maximum absolute atomic E-state index is 13.8. The molecule has 1 aliphatic rings. The van der Waals surface area contributed by atoms with Gasteiger partial charge in [-0.25, -0.2) is 4.39 Å². The molecular weight excluding hydrogens is 402 g/mol. The number of ether oxygens (including phenoxy) is 2. The van der Waals surface area contributed by atoms with Gasteiger partial charge in [0.1, 0.15) is 23.9 Å². The SMILES string of the molecule is O=C1C(=Cc2ccccc2F)Oc2cc(OCc3ccc(Cl)cc3Cl)ccc21. The van der Waals surface area contributed by atoms with E-state index in [1.165, 1.54) is 12.1 Å². The van der Waals surface area contributed by atoms with Gasteiger partial charge in [0.15, 0.2) is 5.76 Å². The summed E-state index contributed by atoms with van der Waals surface area (Å²) in [5.74, 6) is 0.228. The normalized spacial score (nSPS) is 14.1. The molecule has 0 saturated carbocycles. The minimum Gasteiger partial charge on any atom is -0.489 e. The zero-order valence-corrected chi connectivity index (χ0v) is 15.9. The van der Waals surface area contributed by atoms with Crippen LogP contribution in [0.25, 0.3) is 6.08 Å². The van der Waals surface area contributed by atoms with E-state index in [4.69, 9.17) is 32.7 Å². The van der Waals surface area contributed by atoms with E-state index in [1.807, 2.05) is 0 Å². The van der Waals surface area contributed by atoms with Crippen LogP contribution in [0.1, 0.15) is 21.5 Å². The second kappa shape index (κ2) is 7.66. The Morgan fingerprint density at radius 3 is 2.64 bits per heavy atom. The lowest BCUT2D eigenvalue weighted by Crippen LogP contribution is -1.98. The van der Waals surface area contributed by atoms with Crippen LogP contribution in [0, 0.1) is 5.82 Å². The molecule has 0 radical (unpaired) electrons. The van der Waals surface area contributed by atoms with Crippen LogP contribution in [-0.2, 0) is 6.61 Å². The number of hydrogen-bond acceptors (Lipinski definition) is 3. The number of hydrogen-bond donors (Lipinski definition) is 0. The summed E-state index contributed by atoms with van der Waals surface area (Å²) >= 11 is 12.0. The Morgan fingerprint density at radius 2 is 1.86 bits per heavy atom. The van der Waals surface area contributed by atoms with E-state index in [0.29, 0.717) is 27.1 Å². The summed E-state index contributed by atoms with van der Waals surface area (Å²) in [6.07, 6.45) is 1.39. The number of allylic oxidation sites excluding steroid dienone is 1. The van der Waals surface area contributed by atoms with Crippen LogP contribution in [0.2, 0.25) is 10.0 Å². The number of Topliss-reactive ketones (excluding diaryl/α,β-unsaturated/α-hetero) is 1. The first kappa shape index (κ1) is 18.5. The predicted molar refractivity (Wildman–Crippen MR) is 107 cm³/mol. The van der Waals surface area contributed by atoms with Crippen molar-refractivity contribution in [1.29, 1.82) is 0 Å². The molecule has 0 atom stereocenters. The van der Waals surface area contributed by atoms with E-state index in [9.17, 15) is 9.18 Å². The summed E-state index contributed by atoms with van der Waals surface area (Å²) in [4.78, 5) is 12.5. The maximum atomic E-state index is 13.8. The van der Waals surface area contributed by atoms with Crippen molar-refractivity contribution in [3.05, 3.63) is 99.0 Å². The second-order valence-electron chi connectivity index (χ2n) is 6.14. The minimum absolute atomic E-state index is 0.0676. The number of fused-ring (bicyclic) bond motifs is 1. The van der Waals surface area contributed by atoms with E-state index in [-0.39, 0.29) is 23.7 Å². The largest absolute Gasteiger partial charge is 0.489 e. The van der Waals surface area contributed by atoms with Crippen molar-refractivity contribution in [2.45, 2.75) is 6.61 Å². The molecule has 1 heterocycles. The lowest BCUT2D eigenvalue weighted by atomic mass is 10.1. The highest BCUT2D eigenvalue weighted by atomic mass is 35.5. The van der Waals surface area contributed by atoms with Gasteiger partial charge in [0, 0.05) is 27.2 Å². The van der Waals surface area contributed by atoms with Gasteiger partial charge in [0.25, 0.3) is 0 Å². The predicted octanol–water partition coefficient (Wildman–Crippen LogP) is 6.33. The van der Waals surface area contributed by atoms with Gasteiger partial charge >= 0.3 is 0 Å². The average molecular weight is 415 g/mol. The van der Waals surface area contributed by atoms with Crippen LogP contribution >= 0.6 is 23.2 Å². The van der Waals surface area contributed by atoms with Gasteiger partial charge in [-0.1, -0.05) is 47.5 Å². The van der Waals surface area contributed by atoms with Crippen molar-refractivity contribution < 1.29 is 18.7 Å². The van der Waals surface area contributed by atoms with E-state index in [1.54, 1.807) is 54.6 Å². The Bertz CT molecular complexity index is 1110. The van der Waals surface area contributed by atoms with Gasteiger partial charge in [0.2, 0.25) is 5.78 Å². The Hall–Kier alpha value is -2.82. The quantitative estimate of drug-likeness (QED) is 0.468. The number of carbonyl (C=O) groups is 1. The molecule has 0 fully saturated rings. The van der Waals surface area contributed by atoms with Crippen molar-refractivity contribution in [2.75, 3.05) is 0 Å². The summed E-state index contributed by atoms with van der Waals surface area (Å²) in [6, 6.07) is 16.3. The molecule has 0 aliphatic carbocycles. The standard InChI is InChI=1S/C22H13Cl2FO3/c23-15-6-5-14(18(24)10-15)12-27-16-7-8-17-20(11-16)28-21(22(17)26)9-13-3-1-2-4-19(13)25/h1-11H,12H2. The smallest absolute Gasteiger partial charge is 0.231 e. The molecule has 6 heteroatoms. The van der Waals surface area contributed by atoms with Gasteiger partial charge in [0.05, 0.1) is 5.56 Å². The lowest BCUT2D eigenvalue weighted by Gasteiger charge is -2.09. The molecule has 1 aliphatic heterocycles. The van der Waals surface area contributed by atoms with Crippen LogP contribution in [0.15, 0.2) is 66.4 Å². The number of rotatable bonds is 4. The molecule has 3 aromatic rings. The highest BCUT2D eigenvalue weighted by molar-refractivity contribution is 6.35. The first-order valence-corrected chi connectivity index (χ1v) is 9.16. The second-order valence-corrected chi connectivity index (χ2v) is 6.99. The van der Waals surface area contributed by atoms with Gasteiger partial charge in [-0.05, 0) is 36.4 Å². The topological polar surface area (TPSA) is 35.5 Å². The maximum Gasteiger partial charge on any atom is 0.231 e. The van der Waals surface area contributed by atoms with Crippen molar-refractivity contribution in [3.63, 3.8) is 0 Å². The lowest BCUT2D eigenvalue weighted by molar-refractivity contribution is 0.101. The first-order chi connectivity index (χ1) is 13.5. The third kappa shape index (κ3) is 3.75. The highest BCUT2D eigenvalue weighted by Crippen LogP contribution is 2.35. The van der Waals surface area contributed by atoms with E-state index < -0.39 is 5.82 Å². The number of ketones is 1. The summed E-state index contributed by atoms with van der Waals surface area (Å²) in [6.45, 7) is 0.237. The fourth-order valence-corrected chi connectivity index (χ4v) is 3.25. The van der Waals surface area contributed by atoms with Crippen LogP contribution < -0.4 is 9.47 Å². The summed E-state index contributed by atoms with van der Waals surface area (Å²) in [7, 11) is 0. The Kier molecular flexibility index (Phi) is 5.07. The van der Waals surface area contributed by atoms with Crippen LogP contribution in [-0.4, -0.2) is 5.78 Å². The molecule has 3 nitrogen and oxygen atoms in total. The van der Waals surface area contributed by atoms with Crippen molar-refractivity contribution in [3.8, 4) is 11.5 Å². The monoisotopic (exact) mass is 414 g/mol. The van der Waals surface area contributed by atoms with E-state index in [0.717, 1.165) is 5.56 Å². The Labute approximate surface area is 170 Å². The molecule has 0 saturated heterocycles. The van der Waals surface area contributed by atoms with Gasteiger partial charge in [-0.2, -0.15) is 0 Å². The molecule has 0 N–H and O–H groups in total. The summed E-state index contributed by atoms with van der Waals surface area (Å²) in [5.41, 5.74) is 1.47. The van der Waals surface area contributed by atoms with Crippen LogP contribution in [0.3, 0.4) is 0 Å². The third-order valence-electron chi connectivity index (χ3n) is 4.24. The molecular formula is C22H13Cl2FO3. The Morgan fingerprint density at radius 1 is 1.04 bits per heavy atom. The molecule has 140 valence electrons. The zero-order chi connectivity index (χ0) is 19.7. The van der Waals surface area contributed by atoms with Crippen molar-refractivity contribution in [1.82, 2.24) is 0 Å². The molecule has 3 aromatic carbocycles. The van der Waals surface area contributed by atoms with Gasteiger partial charge < -0.3 is 9.47 Å². The molecule has 0 spiro atoms. The molecule has 28 heavy (non-hydrogen) atoms. The average Bonchev–Trinajstić information content (AvgIpc) is 2.98. The molecule has 0 aromatic heterocycles. The molecule has 0 unspecified atom stereocenters. The molecule has 0 amide bonds. The Balaban J connectivity index is 1.53. The number of carbonyl (C=O) groups excluding carboxylic acids is 1. The van der Waals surface area contributed by atoms with Crippen molar-refractivity contribution in [2.24, 2.45) is 0 Å². The van der Waals surface area contributed by atoms with Crippen molar-refractivity contribution >= 4 is 35.1 Å². The molecule has 4 rings (SSSR count). The summed E-state index contributed by atoms with van der Waals surface area (Å²) in [5, 5.41) is 1.06. The van der Waals surface area contributed by atoms with Crippen LogP contribution in [0.4, 0.5) is 4.39 Å². The summed E-state index contributed by atoms with van der Waals surface area (Å²) < 4.78 is 25.2. The third-order valence-corrected chi connectivity index (χ3v) is 4.83.